The van der Waals surface area contributed by atoms with Crippen LogP contribution in [0.1, 0.15) is 15.9 Å². The van der Waals surface area contributed by atoms with E-state index in [0.29, 0.717) is 24.7 Å². The summed E-state index contributed by atoms with van der Waals surface area (Å²) in [4.78, 5) is 27.5. The van der Waals surface area contributed by atoms with Crippen LogP contribution >= 0.6 is 0 Å². The highest BCUT2D eigenvalue weighted by Crippen LogP contribution is 2.21. The van der Waals surface area contributed by atoms with Crippen LogP contribution in [0.15, 0.2) is 72.8 Å². The number of nitrogens with one attached hydrogen (secondary N) is 1. The summed E-state index contributed by atoms with van der Waals surface area (Å²) in [6, 6.07) is 20.8. The van der Waals surface area contributed by atoms with E-state index in [1.807, 2.05) is 60.0 Å². The first kappa shape index (κ1) is 20.1. The van der Waals surface area contributed by atoms with Gasteiger partial charge in [0.2, 0.25) is 5.95 Å². The number of nitro benzene ring substituents is 1. The molecule has 0 fully saturated rings. The van der Waals surface area contributed by atoms with Gasteiger partial charge < -0.3 is 9.30 Å². The Balaban J connectivity index is 1.54. The number of fused-ring (bicyclic) bond motifs is 1. The van der Waals surface area contributed by atoms with Crippen LogP contribution in [0.3, 0.4) is 0 Å². The van der Waals surface area contributed by atoms with E-state index in [0.717, 1.165) is 22.3 Å². The summed E-state index contributed by atoms with van der Waals surface area (Å²) in [5.74, 6) is 0.768. The Labute approximate surface area is 178 Å². The number of hydrogen-bond acceptors (Lipinski definition) is 5. The number of ether oxygens (including phenoxy) is 1. The lowest BCUT2D eigenvalue weighted by molar-refractivity contribution is -0.384. The monoisotopic (exact) mass is 416 g/mol. The van der Waals surface area contributed by atoms with Crippen molar-refractivity contribution in [2.75, 3.05) is 11.9 Å². The summed E-state index contributed by atoms with van der Waals surface area (Å²) < 4.78 is 7.75. The van der Waals surface area contributed by atoms with E-state index in [4.69, 9.17) is 4.74 Å². The molecule has 0 spiro atoms. The molecule has 1 N–H and O–H groups in total. The van der Waals surface area contributed by atoms with Crippen LogP contribution in [0.2, 0.25) is 0 Å². The van der Waals surface area contributed by atoms with Gasteiger partial charge in [0.15, 0.2) is 0 Å². The van der Waals surface area contributed by atoms with Crippen LogP contribution in [-0.4, -0.2) is 27.0 Å². The standard InChI is InChI=1S/C23H20N4O4/c1-16-5-4-6-19(15-16)31-14-13-26-21-8-3-2-7-20(21)24-23(26)25-22(28)17-9-11-18(12-10-17)27(29)30/h2-12,15H,13-14H2,1H3,(H,24,25,28). The third kappa shape index (κ3) is 4.53. The van der Waals surface area contributed by atoms with Crippen molar-refractivity contribution in [2.24, 2.45) is 0 Å². The van der Waals surface area contributed by atoms with Crippen LogP contribution in [0.5, 0.6) is 5.75 Å². The number of carbonyl (C=O) groups excluding carboxylic acids is 1. The predicted octanol–water partition coefficient (Wildman–Crippen LogP) is 4.58. The average molecular weight is 416 g/mol. The van der Waals surface area contributed by atoms with Gasteiger partial charge in [0.05, 0.1) is 22.5 Å². The van der Waals surface area contributed by atoms with Gasteiger partial charge in [0.1, 0.15) is 12.4 Å². The van der Waals surface area contributed by atoms with Gasteiger partial charge in [-0.25, -0.2) is 4.98 Å². The number of amides is 1. The van der Waals surface area contributed by atoms with Crippen LogP contribution < -0.4 is 10.1 Å². The molecule has 0 atom stereocenters. The summed E-state index contributed by atoms with van der Waals surface area (Å²) in [6.45, 7) is 2.87. The number of carbonyl (C=O) groups is 1. The van der Waals surface area contributed by atoms with Gasteiger partial charge in [-0.2, -0.15) is 0 Å². The molecule has 1 amide bonds. The number of anilines is 1. The zero-order valence-electron chi connectivity index (χ0n) is 16.8. The normalized spacial score (nSPS) is 10.7. The lowest BCUT2D eigenvalue weighted by atomic mass is 10.2. The highest BCUT2D eigenvalue weighted by Gasteiger charge is 2.15. The first-order chi connectivity index (χ1) is 15.0. The molecule has 0 radical (unpaired) electrons. The fourth-order valence-electron chi connectivity index (χ4n) is 3.27. The maximum Gasteiger partial charge on any atom is 0.269 e. The molecule has 4 aromatic rings. The number of para-hydroxylation sites is 2. The second kappa shape index (κ2) is 8.66. The zero-order chi connectivity index (χ0) is 21.8. The molecule has 3 aromatic carbocycles. The van der Waals surface area contributed by atoms with Gasteiger partial charge in [-0.05, 0) is 48.9 Å². The molecule has 8 heteroatoms. The number of aromatic nitrogens is 2. The highest BCUT2D eigenvalue weighted by molar-refractivity contribution is 6.04. The average Bonchev–Trinajstić information content (AvgIpc) is 3.11. The predicted molar refractivity (Wildman–Crippen MR) is 117 cm³/mol. The van der Waals surface area contributed by atoms with E-state index in [1.165, 1.54) is 24.3 Å². The number of imidazole rings is 1. The third-order valence-corrected chi connectivity index (χ3v) is 4.79. The molecule has 0 saturated carbocycles. The molecule has 0 bridgehead atoms. The minimum absolute atomic E-state index is 0.0721. The van der Waals surface area contributed by atoms with Gasteiger partial charge in [-0.3, -0.25) is 20.2 Å². The van der Waals surface area contributed by atoms with Crippen molar-refractivity contribution < 1.29 is 14.5 Å². The van der Waals surface area contributed by atoms with Crippen LogP contribution in [0, 0.1) is 17.0 Å². The maximum atomic E-state index is 12.7. The van der Waals surface area contributed by atoms with E-state index in [1.54, 1.807) is 0 Å². The largest absolute Gasteiger partial charge is 0.492 e. The number of aryl methyl sites for hydroxylation is 1. The molecule has 8 nitrogen and oxygen atoms in total. The first-order valence-corrected chi connectivity index (χ1v) is 9.72. The number of benzene rings is 3. The van der Waals surface area contributed by atoms with Gasteiger partial charge in [-0.1, -0.05) is 24.3 Å². The van der Waals surface area contributed by atoms with Crippen molar-refractivity contribution in [3.8, 4) is 5.75 Å². The summed E-state index contributed by atoms with van der Waals surface area (Å²) >= 11 is 0. The van der Waals surface area contributed by atoms with Gasteiger partial charge >= 0.3 is 0 Å². The zero-order valence-corrected chi connectivity index (χ0v) is 16.8. The molecule has 1 heterocycles. The summed E-state index contributed by atoms with van der Waals surface area (Å²) in [7, 11) is 0. The molecule has 0 aliphatic rings. The second-order valence-electron chi connectivity index (χ2n) is 7.00. The highest BCUT2D eigenvalue weighted by atomic mass is 16.6. The van der Waals surface area contributed by atoms with Gasteiger partial charge in [-0.15, -0.1) is 0 Å². The molecule has 0 unspecified atom stereocenters. The van der Waals surface area contributed by atoms with E-state index >= 15 is 0 Å². The minimum Gasteiger partial charge on any atom is -0.492 e. The second-order valence-corrected chi connectivity index (χ2v) is 7.00. The Morgan fingerprint density at radius 3 is 2.61 bits per heavy atom. The fourth-order valence-corrected chi connectivity index (χ4v) is 3.27. The van der Waals surface area contributed by atoms with Gasteiger partial charge in [0.25, 0.3) is 11.6 Å². The summed E-state index contributed by atoms with van der Waals surface area (Å²) in [5.41, 5.74) is 2.96. The van der Waals surface area contributed by atoms with Crippen LogP contribution in [0.25, 0.3) is 11.0 Å². The first-order valence-electron chi connectivity index (χ1n) is 9.72. The van der Waals surface area contributed by atoms with Crippen molar-refractivity contribution in [1.82, 2.24) is 9.55 Å². The lowest BCUT2D eigenvalue weighted by Crippen LogP contribution is -2.18. The fraction of sp³-hybridized carbons (Fsp3) is 0.130. The number of hydrogen-bond donors (Lipinski definition) is 1. The lowest BCUT2D eigenvalue weighted by Gasteiger charge is -2.12. The van der Waals surface area contributed by atoms with Crippen LogP contribution in [-0.2, 0) is 6.54 Å². The van der Waals surface area contributed by atoms with Gasteiger partial charge in [0, 0.05) is 17.7 Å². The molecule has 0 aliphatic heterocycles. The Morgan fingerprint density at radius 1 is 1.10 bits per heavy atom. The Morgan fingerprint density at radius 2 is 1.87 bits per heavy atom. The summed E-state index contributed by atoms with van der Waals surface area (Å²) in [5, 5.41) is 13.6. The third-order valence-electron chi connectivity index (χ3n) is 4.79. The molecular formula is C23H20N4O4. The Hall–Kier alpha value is -4.20. The van der Waals surface area contributed by atoms with Crippen molar-refractivity contribution in [3.05, 3.63) is 94.0 Å². The van der Waals surface area contributed by atoms with Crippen LogP contribution in [0.4, 0.5) is 11.6 Å². The molecular weight excluding hydrogens is 396 g/mol. The van der Waals surface area contributed by atoms with Crippen molar-refractivity contribution in [2.45, 2.75) is 13.5 Å². The smallest absolute Gasteiger partial charge is 0.269 e. The molecule has 1 aromatic heterocycles. The quantitative estimate of drug-likeness (QED) is 0.351. The molecule has 0 aliphatic carbocycles. The van der Waals surface area contributed by atoms with E-state index < -0.39 is 10.8 Å². The number of nitro groups is 1. The maximum absolute atomic E-state index is 12.7. The number of nitrogens with zero attached hydrogens (tertiary/aromatic N) is 3. The van der Waals surface area contributed by atoms with E-state index in [-0.39, 0.29) is 5.69 Å². The van der Waals surface area contributed by atoms with Crippen molar-refractivity contribution >= 4 is 28.6 Å². The number of non-ortho nitro benzene ring substituents is 1. The minimum atomic E-state index is -0.505. The van der Waals surface area contributed by atoms with E-state index in [2.05, 4.69) is 10.3 Å². The molecule has 4 rings (SSSR count). The molecule has 0 saturated heterocycles. The molecule has 156 valence electrons. The SMILES string of the molecule is Cc1cccc(OCCn2c(NC(=O)c3ccc([N+](=O)[O-])cc3)nc3ccccc32)c1. The topological polar surface area (TPSA) is 99.3 Å². The Bertz CT molecular complexity index is 1250. The van der Waals surface area contributed by atoms with E-state index in [9.17, 15) is 14.9 Å². The Kier molecular flexibility index (Phi) is 5.61. The van der Waals surface area contributed by atoms with Crippen molar-refractivity contribution in [1.29, 1.82) is 0 Å². The number of rotatable bonds is 7. The molecule has 31 heavy (non-hydrogen) atoms. The van der Waals surface area contributed by atoms with Crippen molar-refractivity contribution in [3.63, 3.8) is 0 Å². The summed E-state index contributed by atoms with van der Waals surface area (Å²) in [6.07, 6.45) is 0.